The van der Waals surface area contributed by atoms with Gasteiger partial charge < -0.3 is 10.2 Å². The van der Waals surface area contributed by atoms with E-state index in [9.17, 15) is 4.79 Å². The molecule has 0 spiro atoms. The highest BCUT2D eigenvalue weighted by Gasteiger charge is 2.31. The van der Waals surface area contributed by atoms with Gasteiger partial charge in [-0.05, 0) is 32.1 Å². The van der Waals surface area contributed by atoms with Crippen molar-refractivity contribution in [1.29, 1.82) is 0 Å². The van der Waals surface area contributed by atoms with Crippen molar-refractivity contribution in [2.24, 2.45) is 4.99 Å². The molecule has 1 saturated carbocycles. The van der Waals surface area contributed by atoms with Gasteiger partial charge in [0.25, 0.3) is 0 Å². The molecular weight excluding hydrogens is 258 g/mol. The predicted molar refractivity (Wildman–Crippen MR) is 79.5 cm³/mol. The molecule has 0 bridgehead atoms. The second kappa shape index (κ2) is 6.16. The molecule has 2 fully saturated rings. The third kappa shape index (κ3) is 3.25. The van der Waals surface area contributed by atoms with Gasteiger partial charge in [0.15, 0.2) is 5.17 Å². The number of carbonyl (C=O) groups is 1. The van der Waals surface area contributed by atoms with Gasteiger partial charge in [-0.1, -0.05) is 24.6 Å². The normalized spacial score (nSPS) is 30.5. The van der Waals surface area contributed by atoms with Gasteiger partial charge in [-0.15, -0.1) is 0 Å². The molecule has 0 aromatic carbocycles. The van der Waals surface area contributed by atoms with E-state index in [1.54, 1.807) is 11.8 Å². The fourth-order valence-electron chi connectivity index (χ4n) is 3.22. The van der Waals surface area contributed by atoms with Crippen molar-refractivity contribution >= 4 is 22.8 Å². The fourth-order valence-corrected chi connectivity index (χ4v) is 4.11. The van der Waals surface area contributed by atoms with Crippen molar-refractivity contribution in [3.05, 3.63) is 0 Å². The van der Waals surface area contributed by atoms with Crippen LogP contribution < -0.4 is 5.32 Å². The number of amides is 1. The Balaban J connectivity index is 1.45. The fraction of sp³-hybridized carbons (Fsp3) is 0.857. The number of hydrogen-bond donors (Lipinski definition) is 1. The van der Waals surface area contributed by atoms with Crippen LogP contribution >= 0.6 is 11.8 Å². The SMILES string of the molecule is O=C(CSC1=N[C@H]2CCCC[C@@H]2N1)N1CCCCC1. The predicted octanol–water partition coefficient (Wildman–Crippen LogP) is 2.00. The van der Waals surface area contributed by atoms with E-state index in [2.05, 4.69) is 5.32 Å². The van der Waals surface area contributed by atoms with Crippen LogP contribution in [0.25, 0.3) is 0 Å². The highest BCUT2D eigenvalue weighted by atomic mass is 32.2. The highest BCUT2D eigenvalue weighted by Crippen LogP contribution is 2.27. The Bertz CT molecular complexity index is 366. The zero-order chi connectivity index (χ0) is 13.1. The molecule has 0 unspecified atom stereocenters. The largest absolute Gasteiger partial charge is 0.360 e. The molecule has 3 aliphatic rings. The molecule has 3 rings (SSSR count). The van der Waals surface area contributed by atoms with Crippen LogP contribution in [0.15, 0.2) is 4.99 Å². The molecule has 0 aromatic heterocycles. The number of thioether (sulfide) groups is 1. The quantitative estimate of drug-likeness (QED) is 0.842. The van der Waals surface area contributed by atoms with Gasteiger partial charge >= 0.3 is 0 Å². The van der Waals surface area contributed by atoms with Crippen molar-refractivity contribution in [3.8, 4) is 0 Å². The van der Waals surface area contributed by atoms with Crippen LogP contribution in [0.2, 0.25) is 0 Å². The van der Waals surface area contributed by atoms with Crippen LogP contribution in [0.1, 0.15) is 44.9 Å². The minimum Gasteiger partial charge on any atom is -0.360 e. The lowest BCUT2D eigenvalue weighted by molar-refractivity contribution is -0.129. The number of amidine groups is 1. The molecule has 2 heterocycles. The third-order valence-electron chi connectivity index (χ3n) is 4.36. The first kappa shape index (κ1) is 13.3. The van der Waals surface area contributed by atoms with Crippen molar-refractivity contribution in [2.75, 3.05) is 18.8 Å². The van der Waals surface area contributed by atoms with Gasteiger partial charge in [0.1, 0.15) is 0 Å². The topological polar surface area (TPSA) is 44.7 Å². The minimum atomic E-state index is 0.282. The van der Waals surface area contributed by atoms with Crippen LogP contribution in [0.4, 0.5) is 0 Å². The number of aliphatic imine (C=N–C) groups is 1. The second-order valence-electron chi connectivity index (χ2n) is 5.77. The molecule has 1 amide bonds. The molecule has 2 aliphatic heterocycles. The van der Waals surface area contributed by atoms with Gasteiger partial charge in [0, 0.05) is 13.1 Å². The second-order valence-corrected chi connectivity index (χ2v) is 6.73. The first-order valence-electron chi connectivity index (χ1n) is 7.58. The monoisotopic (exact) mass is 281 g/mol. The summed E-state index contributed by atoms with van der Waals surface area (Å²) in [6.45, 7) is 1.90. The van der Waals surface area contributed by atoms with Crippen LogP contribution in [-0.4, -0.2) is 46.9 Å². The molecular formula is C14H23N3OS. The van der Waals surface area contributed by atoms with E-state index < -0.39 is 0 Å². The van der Waals surface area contributed by atoms with E-state index >= 15 is 0 Å². The molecule has 1 saturated heterocycles. The molecule has 106 valence electrons. The van der Waals surface area contributed by atoms with Gasteiger partial charge in [-0.2, -0.15) is 0 Å². The van der Waals surface area contributed by atoms with E-state index in [1.165, 1.54) is 44.9 Å². The lowest BCUT2D eigenvalue weighted by Gasteiger charge is -2.26. The number of likely N-dealkylation sites (tertiary alicyclic amines) is 1. The molecule has 0 aromatic rings. The lowest BCUT2D eigenvalue weighted by Crippen LogP contribution is -2.38. The van der Waals surface area contributed by atoms with Crippen molar-refractivity contribution in [2.45, 2.75) is 57.0 Å². The molecule has 19 heavy (non-hydrogen) atoms. The zero-order valence-corrected chi connectivity index (χ0v) is 12.3. The van der Waals surface area contributed by atoms with Crippen LogP contribution in [0.5, 0.6) is 0 Å². The van der Waals surface area contributed by atoms with Crippen molar-refractivity contribution in [3.63, 3.8) is 0 Å². The summed E-state index contributed by atoms with van der Waals surface area (Å²) in [6, 6.07) is 1.02. The Morgan fingerprint density at radius 2 is 2.00 bits per heavy atom. The zero-order valence-electron chi connectivity index (χ0n) is 11.4. The van der Waals surface area contributed by atoms with Crippen LogP contribution in [0, 0.1) is 0 Å². The van der Waals surface area contributed by atoms with Crippen molar-refractivity contribution in [1.82, 2.24) is 10.2 Å². The minimum absolute atomic E-state index is 0.282. The van der Waals surface area contributed by atoms with E-state index in [-0.39, 0.29) is 5.91 Å². The van der Waals surface area contributed by atoms with Crippen LogP contribution in [0.3, 0.4) is 0 Å². The summed E-state index contributed by atoms with van der Waals surface area (Å²) in [5.74, 6) is 0.828. The Morgan fingerprint density at radius 1 is 1.21 bits per heavy atom. The Hall–Kier alpha value is -0.710. The maximum absolute atomic E-state index is 12.1. The van der Waals surface area contributed by atoms with Gasteiger partial charge in [-0.3, -0.25) is 9.79 Å². The standard InChI is InChI=1S/C14H23N3OS/c18-13(17-8-4-1-5-9-17)10-19-14-15-11-6-2-3-7-12(11)16-14/h11-12H,1-10H2,(H,15,16)/t11-,12-/m0/s1. The van der Waals surface area contributed by atoms with E-state index in [1.807, 2.05) is 4.90 Å². The van der Waals surface area contributed by atoms with E-state index in [0.29, 0.717) is 17.8 Å². The lowest BCUT2D eigenvalue weighted by atomic mass is 9.92. The molecule has 2 atom stereocenters. The summed E-state index contributed by atoms with van der Waals surface area (Å²) in [7, 11) is 0. The number of rotatable bonds is 2. The van der Waals surface area contributed by atoms with E-state index in [0.717, 1.165) is 18.3 Å². The number of nitrogens with one attached hydrogen (secondary N) is 1. The smallest absolute Gasteiger partial charge is 0.233 e. The summed E-state index contributed by atoms with van der Waals surface area (Å²) in [5.41, 5.74) is 0. The third-order valence-corrected chi connectivity index (χ3v) is 5.25. The summed E-state index contributed by atoms with van der Waals surface area (Å²) in [4.78, 5) is 18.8. The van der Waals surface area contributed by atoms with Crippen molar-refractivity contribution < 1.29 is 4.79 Å². The molecule has 4 nitrogen and oxygen atoms in total. The summed E-state index contributed by atoms with van der Waals surface area (Å²) in [5, 5.41) is 4.50. The maximum atomic E-state index is 12.1. The molecule has 5 heteroatoms. The van der Waals surface area contributed by atoms with Crippen LogP contribution in [-0.2, 0) is 4.79 Å². The number of nitrogens with zero attached hydrogens (tertiary/aromatic N) is 2. The Labute approximate surface area is 119 Å². The Morgan fingerprint density at radius 3 is 2.79 bits per heavy atom. The average Bonchev–Trinajstić information content (AvgIpc) is 2.88. The summed E-state index contributed by atoms with van der Waals surface area (Å²) in [6.07, 6.45) is 8.67. The van der Waals surface area contributed by atoms with Gasteiger partial charge in [0.2, 0.25) is 5.91 Å². The Kier molecular flexibility index (Phi) is 4.31. The summed E-state index contributed by atoms with van der Waals surface area (Å²) >= 11 is 1.60. The molecule has 0 radical (unpaired) electrons. The number of hydrogen-bond acceptors (Lipinski definition) is 4. The molecule has 1 N–H and O–H groups in total. The number of fused-ring (bicyclic) bond motifs is 1. The average molecular weight is 281 g/mol. The number of piperidine rings is 1. The highest BCUT2D eigenvalue weighted by molar-refractivity contribution is 8.14. The maximum Gasteiger partial charge on any atom is 0.233 e. The first-order chi connectivity index (χ1) is 9.33. The molecule has 1 aliphatic carbocycles. The summed E-state index contributed by atoms with van der Waals surface area (Å²) < 4.78 is 0. The van der Waals surface area contributed by atoms with E-state index in [4.69, 9.17) is 4.99 Å². The number of carbonyl (C=O) groups excluding carboxylic acids is 1. The first-order valence-corrected chi connectivity index (χ1v) is 8.56. The van der Waals surface area contributed by atoms with Gasteiger partial charge in [0.05, 0.1) is 17.8 Å². The van der Waals surface area contributed by atoms with Gasteiger partial charge in [-0.25, -0.2) is 0 Å².